The van der Waals surface area contributed by atoms with Crippen molar-refractivity contribution in [1.82, 2.24) is 14.9 Å². The predicted octanol–water partition coefficient (Wildman–Crippen LogP) is 3.53. The number of aromatic nitrogens is 2. The molecule has 0 bridgehead atoms. The molecule has 3 aliphatic carbocycles. The van der Waals surface area contributed by atoms with Gasteiger partial charge in [0.15, 0.2) is 0 Å². The average molecular weight is 457 g/mol. The molecule has 4 aliphatic rings. The van der Waals surface area contributed by atoms with E-state index in [-0.39, 0.29) is 17.7 Å². The minimum atomic E-state index is -0.863. The number of hydrogen-bond donors (Lipinski definition) is 1. The number of carbonyl (C=O) groups excluding carboxylic acids is 2. The molecule has 0 spiro atoms. The van der Waals surface area contributed by atoms with Crippen LogP contribution in [0.5, 0.6) is 0 Å². The molecule has 8 heteroatoms. The van der Waals surface area contributed by atoms with Crippen molar-refractivity contribution < 1.29 is 9.59 Å². The van der Waals surface area contributed by atoms with Gasteiger partial charge in [-0.3, -0.25) is 9.59 Å². The Bertz CT molecular complexity index is 1190. The number of amides is 2. The van der Waals surface area contributed by atoms with Crippen LogP contribution in [0.15, 0.2) is 36.7 Å². The van der Waals surface area contributed by atoms with Crippen LogP contribution in [0.2, 0.25) is 0 Å². The van der Waals surface area contributed by atoms with Gasteiger partial charge in [0.2, 0.25) is 11.8 Å². The topological polar surface area (TPSA) is 102 Å². The lowest BCUT2D eigenvalue weighted by atomic mass is 9.83. The van der Waals surface area contributed by atoms with Crippen LogP contribution in [0.25, 0.3) is 0 Å². The standard InChI is InChI=1S/C26H28N6O2/c1-31(19-5-6-19)23(33)25(9-10-25)18-4-7-21(29-15-18)30-22-14-20(8-12-28-22)32-13-11-26(16-27,24(32)34)17-2-3-17/h4,7-8,12,14-15,17,19H,2-3,5-6,9-11,13H2,1H3,(H,28,29,30)/t26-/m1/s1. The maximum Gasteiger partial charge on any atom is 0.247 e. The maximum absolute atomic E-state index is 13.1. The van der Waals surface area contributed by atoms with Crippen LogP contribution in [0.3, 0.4) is 0 Å². The second-order valence-corrected chi connectivity index (χ2v) is 10.2. The summed E-state index contributed by atoms with van der Waals surface area (Å²) < 4.78 is 0. The van der Waals surface area contributed by atoms with Crippen molar-refractivity contribution in [2.75, 3.05) is 23.8 Å². The molecule has 8 nitrogen and oxygen atoms in total. The monoisotopic (exact) mass is 456 g/mol. The Kier molecular flexibility index (Phi) is 4.67. The molecular formula is C26H28N6O2. The van der Waals surface area contributed by atoms with Gasteiger partial charge in [-0.25, -0.2) is 9.97 Å². The minimum Gasteiger partial charge on any atom is -0.342 e. The number of nitriles is 1. The number of hydrogen-bond acceptors (Lipinski definition) is 6. The van der Waals surface area contributed by atoms with Crippen molar-refractivity contribution >= 4 is 29.1 Å². The van der Waals surface area contributed by atoms with E-state index in [1.807, 2.05) is 30.1 Å². The largest absolute Gasteiger partial charge is 0.342 e. The lowest BCUT2D eigenvalue weighted by Crippen LogP contribution is -2.38. The summed E-state index contributed by atoms with van der Waals surface area (Å²) in [7, 11) is 1.92. The number of nitrogens with zero attached hydrogens (tertiary/aromatic N) is 5. The van der Waals surface area contributed by atoms with Crippen LogP contribution in [-0.4, -0.2) is 46.3 Å². The van der Waals surface area contributed by atoms with Crippen molar-refractivity contribution in [3.8, 4) is 6.07 Å². The fourth-order valence-corrected chi connectivity index (χ4v) is 5.39. The molecule has 4 fully saturated rings. The third-order valence-corrected chi connectivity index (χ3v) is 8.03. The van der Waals surface area contributed by atoms with Gasteiger partial charge in [0, 0.05) is 43.8 Å². The van der Waals surface area contributed by atoms with Crippen LogP contribution >= 0.6 is 0 Å². The van der Waals surface area contributed by atoms with Gasteiger partial charge in [0.25, 0.3) is 0 Å². The van der Waals surface area contributed by atoms with Gasteiger partial charge in [-0.2, -0.15) is 5.26 Å². The lowest BCUT2D eigenvalue weighted by molar-refractivity contribution is -0.133. The number of nitrogens with one attached hydrogen (secondary N) is 1. The highest BCUT2D eigenvalue weighted by atomic mass is 16.2. The van der Waals surface area contributed by atoms with Gasteiger partial charge >= 0.3 is 0 Å². The number of rotatable bonds is 7. The zero-order chi connectivity index (χ0) is 23.5. The van der Waals surface area contributed by atoms with Gasteiger partial charge in [0.1, 0.15) is 17.1 Å². The smallest absolute Gasteiger partial charge is 0.247 e. The highest BCUT2D eigenvalue weighted by Crippen LogP contribution is 2.52. The summed E-state index contributed by atoms with van der Waals surface area (Å²) in [6, 6.07) is 10.2. The first-order chi connectivity index (χ1) is 16.5. The van der Waals surface area contributed by atoms with E-state index in [2.05, 4.69) is 21.4 Å². The fourth-order valence-electron chi connectivity index (χ4n) is 5.39. The lowest BCUT2D eigenvalue weighted by Gasteiger charge is -2.23. The van der Waals surface area contributed by atoms with Crippen LogP contribution in [-0.2, 0) is 15.0 Å². The number of anilines is 3. The summed E-state index contributed by atoms with van der Waals surface area (Å²) in [5.41, 5.74) is 0.430. The average Bonchev–Trinajstić information content (AvgIpc) is 3.71. The van der Waals surface area contributed by atoms with Gasteiger partial charge in [-0.1, -0.05) is 6.07 Å². The zero-order valence-corrected chi connectivity index (χ0v) is 19.3. The molecule has 1 atom stereocenters. The van der Waals surface area contributed by atoms with E-state index >= 15 is 0 Å². The molecule has 0 aromatic carbocycles. The van der Waals surface area contributed by atoms with Crippen molar-refractivity contribution in [1.29, 1.82) is 5.26 Å². The van der Waals surface area contributed by atoms with Crippen LogP contribution < -0.4 is 10.2 Å². The summed E-state index contributed by atoms with van der Waals surface area (Å²) in [5.74, 6) is 1.53. The van der Waals surface area contributed by atoms with E-state index in [1.165, 1.54) is 0 Å². The first-order valence-corrected chi connectivity index (χ1v) is 12.2. The molecule has 1 saturated heterocycles. The second kappa shape index (κ2) is 7.52. The molecule has 6 rings (SSSR count). The summed E-state index contributed by atoms with van der Waals surface area (Å²) >= 11 is 0. The summed E-state index contributed by atoms with van der Waals surface area (Å²) in [6.07, 6.45) is 9.90. The third-order valence-electron chi connectivity index (χ3n) is 8.03. The predicted molar refractivity (Wildman–Crippen MR) is 126 cm³/mol. The number of pyridine rings is 2. The first kappa shape index (κ1) is 21.1. The molecule has 174 valence electrons. The Labute approximate surface area is 199 Å². The summed E-state index contributed by atoms with van der Waals surface area (Å²) in [5, 5.41) is 12.9. The van der Waals surface area contributed by atoms with Gasteiger partial charge in [-0.15, -0.1) is 0 Å². The molecule has 1 N–H and O–H groups in total. The summed E-state index contributed by atoms with van der Waals surface area (Å²) in [6.45, 7) is 0.546. The molecule has 3 heterocycles. The van der Waals surface area contributed by atoms with Crippen molar-refractivity contribution in [2.24, 2.45) is 11.3 Å². The number of likely N-dealkylation sites (N-methyl/N-ethyl adjacent to an activating group) is 1. The Balaban J connectivity index is 1.16. The molecule has 3 saturated carbocycles. The van der Waals surface area contributed by atoms with E-state index in [1.54, 1.807) is 23.4 Å². The first-order valence-electron chi connectivity index (χ1n) is 12.2. The fraction of sp³-hybridized carbons (Fsp3) is 0.500. The SMILES string of the molecule is CN(C(=O)C1(c2ccc(Nc3cc(N4CC[C@@](C#N)(C5CC5)C4=O)ccn3)nc2)CC1)C1CC1. The Morgan fingerprint density at radius 2 is 1.94 bits per heavy atom. The van der Waals surface area contributed by atoms with Crippen molar-refractivity contribution in [3.05, 3.63) is 42.2 Å². The highest BCUT2D eigenvalue weighted by molar-refractivity contribution is 6.02. The third kappa shape index (κ3) is 3.33. The summed E-state index contributed by atoms with van der Waals surface area (Å²) in [4.78, 5) is 38.7. The molecule has 0 radical (unpaired) electrons. The molecule has 0 unspecified atom stereocenters. The van der Waals surface area contributed by atoms with E-state index in [4.69, 9.17) is 0 Å². The molecule has 1 aliphatic heterocycles. The quantitative estimate of drug-likeness (QED) is 0.684. The molecular weight excluding hydrogens is 428 g/mol. The van der Waals surface area contributed by atoms with E-state index < -0.39 is 10.8 Å². The Morgan fingerprint density at radius 3 is 2.56 bits per heavy atom. The van der Waals surface area contributed by atoms with Crippen molar-refractivity contribution in [3.63, 3.8) is 0 Å². The van der Waals surface area contributed by atoms with Gasteiger partial charge < -0.3 is 15.1 Å². The van der Waals surface area contributed by atoms with E-state index in [0.29, 0.717) is 30.6 Å². The van der Waals surface area contributed by atoms with Gasteiger partial charge in [0.05, 0.1) is 11.5 Å². The van der Waals surface area contributed by atoms with Crippen LogP contribution in [0, 0.1) is 22.7 Å². The highest BCUT2D eigenvalue weighted by Gasteiger charge is 2.57. The minimum absolute atomic E-state index is 0.0901. The maximum atomic E-state index is 13.1. The second-order valence-electron chi connectivity index (χ2n) is 10.2. The molecule has 2 aromatic heterocycles. The zero-order valence-electron chi connectivity index (χ0n) is 19.3. The Hall–Kier alpha value is -3.47. The van der Waals surface area contributed by atoms with Gasteiger partial charge in [-0.05, 0) is 68.6 Å². The molecule has 2 aromatic rings. The van der Waals surface area contributed by atoms with Crippen LogP contribution in [0.1, 0.15) is 50.5 Å². The number of carbonyl (C=O) groups is 2. The normalized spacial score (nSPS) is 25.1. The molecule has 2 amide bonds. The van der Waals surface area contributed by atoms with Crippen molar-refractivity contribution in [2.45, 2.75) is 56.4 Å². The molecule has 34 heavy (non-hydrogen) atoms. The van der Waals surface area contributed by atoms with E-state index in [9.17, 15) is 14.9 Å². The van der Waals surface area contributed by atoms with E-state index in [0.717, 1.165) is 49.8 Å². The van der Waals surface area contributed by atoms with Crippen LogP contribution in [0.4, 0.5) is 17.3 Å². The Morgan fingerprint density at radius 1 is 1.15 bits per heavy atom.